The number of amides is 1. The van der Waals surface area contributed by atoms with Crippen molar-refractivity contribution < 1.29 is 23.8 Å². The van der Waals surface area contributed by atoms with Crippen LogP contribution in [-0.4, -0.2) is 57.7 Å². The van der Waals surface area contributed by atoms with E-state index >= 15 is 0 Å². The summed E-state index contributed by atoms with van der Waals surface area (Å²) in [5.41, 5.74) is 0.674. The zero-order valence-electron chi connectivity index (χ0n) is 17.9. The summed E-state index contributed by atoms with van der Waals surface area (Å²) >= 11 is 6.00. The van der Waals surface area contributed by atoms with Crippen LogP contribution in [0.5, 0.6) is 5.75 Å². The maximum Gasteiger partial charge on any atom is 0.320 e. The number of carbonyl (C=O) groups is 2. The zero-order valence-corrected chi connectivity index (χ0v) is 18.6. The molecule has 1 aliphatic heterocycles. The highest BCUT2D eigenvalue weighted by Gasteiger charge is 2.30. The molecule has 1 saturated heterocycles. The largest absolute Gasteiger partial charge is 0.491 e. The Morgan fingerprint density at radius 2 is 2.12 bits per heavy atom. The van der Waals surface area contributed by atoms with Gasteiger partial charge in [-0.2, -0.15) is 0 Å². The number of carboxylic acids is 1. The standard InChI is InChI=1S/C22H20ClFN6O4/c1-34-18-10-27-19(13-6-11(23)2-3-15(13)24)30-20(18)29-16-4-5-25-9-14(16)21(31)28-12-7-17(22(32)33)26-8-12/h2-6,9-10,12,17,26H,7-8H2,1H3,(H,28,31)(H,32,33)(H,25,27,29,30). The molecule has 0 aliphatic carbocycles. The van der Waals surface area contributed by atoms with Crippen LogP contribution in [0.3, 0.4) is 0 Å². The van der Waals surface area contributed by atoms with Crippen molar-refractivity contribution in [3.63, 3.8) is 0 Å². The lowest BCUT2D eigenvalue weighted by atomic mass is 10.1. The summed E-state index contributed by atoms with van der Waals surface area (Å²) in [4.78, 5) is 36.6. The van der Waals surface area contributed by atoms with Gasteiger partial charge in [-0.15, -0.1) is 0 Å². The lowest BCUT2D eigenvalue weighted by molar-refractivity contribution is -0.139. The number of nitrogens with one attached hydrogen (secondary N) is 3. The van der Waals surface area contributed by atoms with Crippen molar-refractivity contribution in [3.05, 3.63) is 59.3 Å². The van der Waals surface area contributed by atoms with Gasteiger partial charge in [0.1, 0.15) is 11.9 Å². The smallest absolute Gasteiger partial charge is 0.320 e. The number of ether oxygens (including phenoxy) is 1. The Balaban J connectivity index is 1.60. The molecule has 176 valence electrons. The number of hydrogen-bond donors (Lipinski definition) is 4. The van der Waals surface area contributed by atoms with E-state index in [1.807, 2.05) is 0 Å². The Kier molecular flexibility index (Phi) is 6.85. The monoisotopic (exact) mass is 486 g/mol. The molecule has 4 rings (SSSR count). The number of rotatable bonds is 7. The van der Waals surface area contributed by atoms with Crippen molar-refractivity contribution in [1.29, 1.82) is 0 Å². The molecule has 0 saturated carbocycles. The first-order valence-electron chi connectivity index (χ1n) is 10.2. The van der Waals surface area contributed by atoms with Gasteiger partial charge in [-0.3, -0.25) is 14.6 Å². The molecule has 1 amide bonds. The van der Waals surface area contributed by atoms with Gasteiger partial charge in [0, 0.05) is 30.0 Å². The third-order valence-electron chi connectivity index (χ3n) is 5.23. The van der Waals surface area contributed by atoms with E-state index in [2.05, 4.69) is 30.9 Å². The molecular formula is C22H20ClFN6O4. The van der Waals surface area contributed by atoms with Gasteiger partial charge in [-0.25, -0.2) is 14.4 Å². The maximum atomic E-state index is 14.3. The molecule has 1 aliphatic rings. The summed E-state index contributed by atoms with van der Waals surface area (Å²) in [6, 6.07) is 4.55. The second-order valence-corrected chi connectivity index (χ2v) is 7.92. The molecule has 0 spiro atoms. The van der Waals surface area contributed by atoms with Crippen LogP contribution < -0.4 is 20.7 Å². The van der Waals surface area contributed by atoms with Gasteiger partial charge in [-0.1, -0.05) is 11.6 Å². The second kappa shape index (κ2) is 9.98. The Morgan fingerprint density at radius 3 is 2.85 bits per heavy atom. The topological polar surface area (TPSA) is 138 Å². The van der Waals surface area contributed by atoms with Gasteiger partial charge in [0.25, 0.3) is 5.91 Å². The van der Waals surface area contributed by atoms with Gasteiger partial charge in [0.15, 0.2) is 17.4 Å². The van der Waals surface area contributed by atoms with E-state index < -0.39 is 23.7 Å². The number of halogens is 2. The number of methoxy groups -OCH3 is 1. The van der Waals surface area contributed by atoms with Crippen molar-refractivity contribution >= 4 is 35.0 Å². The Hall–Kier alpha value is -3.83. The number of hydrogen-bond acceptors (Lipinski definition) is 8. The van der Waals surface area contributed by atoms with Gasteiger partial charge >= 0.3 is 5.97 Å². The first kappa shape index (κ1) is 23.3. The van der Waals surface area contributed by atoms with E-state index in [0.29, 0.717) is 17.3 Å². The predicted molar refractivity (Wildman–Crippen MR) is 122 cm³/mol. The van der Waals surface area contributed by atoms with E-state index in [4.69, 9.17) is 21.4 Å². The van der Waals surface area contributed by atoms with Crippen LogP contribution in [0.1, 0.15) is 16.8 Å². The van der Waals surface area contributed by atoms with Gasteiger partial charge in [-0.05, 0) is 30.7 Å². The van der Waals surface area contributed by atoms with Crippen molar-refractivity contribution in [2.75, 3.05) is 19.0 Å². The fourth-order valence-corrected chi connectivity index (χ4v) is 3.69. The summed E-state index contributed by atoms with van der Waals surface area (Å²) in [7, 11) is 1.43. The molecule has 12 heteroatoms. The Labute approximate surface area is 198 Å². The third-order valence-corrected chi connectivity index (χ3v) is 5.46. The highest BCUT2D eigenvalue weighted by Crippen LogP contribution is 2.30. The van der Waals surface area contributed by atoms with E-state index in [-0.39, 0.29) is 41.0 Å². The number of carbonyl (C=O) groups excluding carboxylic acids is 1. The van der Waals surface area contributed by atoms with E-state index in [0.717, 1.165) is 0 Å². The molecule has 3 aromatic rings. The van der Waals surface area contributed by atoms with E-state index in [1.54, 1.807) is 6.07 Å². The van der Waals surface area contributed by atoms with Crippen LogP contribution in [0.25, 0.3) is 11.4 Å². The van der Waals surface area contributed by atoms with Crippen molar-refractivity contribution in [2.45, 2.75) is 18.5 Å². The number of carboxylic acid groups (broad SMARTS) is 1. The first-order chi connectivity index (χ1) is 16.4. The normalized spacial score (nSPS) is 17.3. The highest BCUT2D eigenvalue weighted by molar-refractivity contribution is 6.30. The summed E-state index contributed by atoms with van der Waals surface area (Å²) in [6.07, 6.45) is 4.50. The number of aliphatic carboxylic acids is 1. The summed E-state index contributed by atoms with van der Waals surface area (Å²) in [5.74, 6) is -1.43. The number of aromatic nitrogens is 3. The Morgan fingerprint density at radius 1 is 1.29 bits per heavy atom. The lowest BCUT2D eigenvalue weighted by Gasteiger charge is -2.16. The summed E-state index contributed by atoms with van der Waals surface area (Å²) in [5, 5.41) is 18.1. The van der Waals surface area contributed by atoms with Crippen molar-refractivity contribution in [2.24, 2.45) is 0 Å². The molecule has 0 bridgehead atoms. The SMILES string of the molecule is COc1cnc(-c2cc(Cl)ccc2F)nc1Nc1ccncc1C(=O)NC1CNC(C(=O)O)C1. The van der Waals surface area contributed by atoms with Crippen molar-refractivity contribution in [1.82, 2.24) is 25.6 Å². The number of nitrogens with zero attached hydrogens (tertiary/aromatic N) is 3. The van der Waals surface area contributed by atoms with E-state index in [1.165, 1.54) is 43.9 Å². The molecule has 2 atom stereocenters. The second-order valence-electron chi connectivity index (χ2n) is 7.49. The molecule has 10 nitrogen and oxygen atoms in total. The average Bonchev–Trinajstić information content (AvgIpc) is 3.30. The molecule has 3 heterocycles. The van der Waals surface area contributed by atoms with Crippen LogP contribution in [0.4, 0.5) is 15.9 Å². The van der Waals surface area contributed by atoms with Crippen LogP contribution in [0.15, 0.2) is 42.9 Å². The minimum absolute atomic E-state index is 0.0695. The van der Waals surface area contributed by atoms with Gasteiger partial charge in [0.05, 0.1) is 30.1 Å². The average molecular weight is 487 g/mol. The van der Waals surface area contributed by atoms with Gasteiger partial charge < -0.3 is 25.8 Å². The lowest BCUT2D eigenvalue weighted by Crippen LogP contribution is -2.36. The van der Waals surface area contributed by atoms with Crippen LogP contribution in [0, 0.1) is 5.82 Å². The van der Waals surface area contributed by atoms with Crippen LogP contribution in [-0.2, 0) is 4.79 Å². The number of anilines is 2. The molecule has 2 aromatic heterocycles. The molecule has 4 N–H and O–H groups in total. The van der Waals surface area contributed by atoms with Crippen molar-refractivity contribution in [3.8, 4) is 17.1 Å². The minimum Gasteiger partial charge on any atom is -0.491 e. The van der Waals surface area contributed by atoms with Gasteiger partial charge in [0.2, 0.25) is 0 Å². The fourth-order valence-electron chi connectivity index (χ4n) is 3.52. The Bertz CT molecular complexity index is 1240. The molecule has 2 unspecified atom stereocenters. The zero-order chi connectivity index (χ0) is 24.2. The van der Waals surface area contributed by atoms with Crippen LogP contribution in [0.2, 0.25) is 5.02 Å². The molecule has 1 fully saturated rings. The summed E-state index contributed by atoms with van der Waals surface area (Å²) in [6.45, 7) is 0.333. The maximum absolute atomic E-state index is 14.3. The molecular weight excluding hydrogens is 467 g/mol. The van der Waals surface area contributed by atoms with E-state index in [9.17, 15) is 14.0 Å². The van der Waals surface area contributed by atoms with Crippen LogP contribution >= 0.6 is 11.6 Å². The number of benzene rings is 1. The third kappa shape index (κ3) is 5.05. The molecule has 0 radical (unpaired) electrons. The molecule has 34 heavy (non-hydrogen) atoms. The predicted octanol–water partition coefficient (Wildman–Crippen LogP) is 2.63. The first-order valence-corrected chi connectivity index (χ1v) is 10.6. The quantitative estimate of drug-likeness (QED) is 0.397. The minimum atomic E-state index is -0.969. The fraction of sp³-hybridized carbons (Fsp3) is 0.227. The summed E-state index contributed by atoms with van der Waals surface area (Å²) < 4.78 is 19.7. The molecule has 1 aromatic carbocycles. The highest BCUT2D eigenvalue weighted by atomic mass is 35.5. The number of pyridine rings is 1.